The molecule has 1 heterocycles. The summed E-state index contributed by atoms with van der Waals surface area (Å²) in [6.07, 6.45) is -0.628. The van der Waals surface area contributed by atoms with Gasteiger partial charge in [0.25, 0.3) is 11.6 Å². The molecule has 0 fully saturated rings. The zero-order valence-corrected chi connectivity index (χ0v) is 14.1. The van der Waals surface area contributed by atoms with Crippen molar-refractivity contribution in [2.45, 2.75) is 6.17 Å². The van der Waals surface area contributed by atoms with Crippen LogP contribution in [0.3, 0.4) is 0 Å². The Morgan fingerprint density at radius 3 is 2.48 bits per heavy atom. The van der Waals surface area contributed by atoms with E-state index in [1.807, 2.05) is 6.07 Å². The molecule has 0 aliphatic carbocycles. The largest absolute Gasteiger partial charge is 0.508 e. The number of phenols is 1. The molecule has 0 unspecified atom stereocenters. The molecule has 0 bridgehead atoms. The van der Waals surface area contributed by atoms with Gasteiger partial charge in [-0.25, -0.2) is 0 Å². The number of anilines is 2. The van der Waals surface area contributed by atoms with Gasteiger partial charge in [0.1, 0.15) is 11.9 Å². The van der Waals surface area contributed by atoms with E-state index in [2.05, 4.69) is 5.32 Å². The lowest BCUT2D eigenvalue weighted by atomic mass is 10.0. The lowest BCUT2D eigenvalue weighted by molar-refractivity contribution is -0.384. The highest BCUT2D eigenvalue weighted by atomic mass is 16.6. The fourth-order valence-electron chi connectivity index (χ4n) is 3.17. The number of carbonyl (C=O) groups is 1. The number of nitro groups is 1. The Balaban J connectivity index is 1.86. The van der Waals surface area contributed by atoms with E-state index < -0.39 is 11.1 Å². The van der Waals surface area contributed by atoms with Crippen molar-refractivity contribution in [1.29, 1.82) is 0 Å². The number of nitro benzene ring substituents is 1. The van der Waals surface area contributed by atoms with Crippen molar-refractivity contribution < 1.29 is 14.8 Å². The predicted molar refractivity (Wildman–Crippen MR) is 101 cm³/mol. The number of phenolic OH excluding ortho intramolecular Hbond substituents is 1. The molecular weight excluding hydrogens is 346 g/mol. The van der Waals surface area contributed by atoms with Crippen LogP contribution in [-0.2, 0) is 0 Å². The minimum absolute atomic E-state index is 0.0498. The summed E-state index contributed by atoms with van der Waals surface area (Å²) >= 11 is 0. The summed E-state index contributed by atoms with van der Waals surface area (Å²) in [5, 5.41) is 24.0. The Morgan fingerprint density at radius 1 is 1.00 bits per heavy atom. The number of amides is 1. The minimum atomic E-state index is -0.628. The molecule has 0 radical (unpaired) electrons. The zero-order chi connectivity index (χ0) is 19.0. The fraction of sp³-hybridized carbons (Fsp3) is 0.0500. The monoisotopic (exact) mass is 361 g/mol. The number of aromatic hydroxyl groups is 1. The van der Waals surface area contributed by atoms with Crippen molar-refractivity contribution in [3.8, 4) is 5.75 Å². The molecule has 3 aromatic carbocycles. The van der Waals surface area contributed by atoms with Crippen LogP contribution in [0.1, 0.15) is 22.1 Å². The maximum atomic E-state index is 13.2. The molecule has 0 aromatic heterocycles. The summed E-state index contributed by atoms with van der Waals surface area (Å²) in [6, 6.07) is 19.6. The molecule has 3 aromatic rings. The van der Waals surface area contributed by atoms with Gasteiger partial charge >= 0.3 is 0 Å². The van der Waals surface area contributed by atoms with Gasteiger partial charge in [0, 0.05) is 29.1 Å². The van der Waals surface area contributed by atoms with Crippen LogP contribution in [0.15, 0.2) is 72.8 Å². The predicted octanol–water partition coefficient (Wildman–Crippen LogP) is 4.07. The molecule has 7 nitrogen and oxygen atoms in total. The number of para-hydroxylation sites is 1. The molecule has 134 valence electrons. The van der Waals surface area contributed by atoms with Gasteiger partial charge in [-0.15, -0.1) is 0 Å². The second kappa shape index (κ2) is 6.45. The Morgan fingerprint density at radius 2 is 1.74 bits per heavy atom. The van der Waals surface area contributed by atoms with Gasteiger partial charge in [0.15, 0.2) is 0 Å². The molecule has 27 heavy (non-hydrogen) atoms. The standard InChI is InChI=1S/C20H15N3O4/c24-16-10-8-14(9-11-16)22-19(13-4-3-5-15(12-13)23(26)27)21-18-7-2-1-6-17(18)20(22)25/h1-12,19,21,24H/t19-/m1/s1. The van der Waals surface area contributed by atoms with Crippen molar-refractivity contribution in [2.24, 2.45) is 0 Å². The third-order valence-electron chi connectivity index (χ3n) is 4.45. The quantitative estimate of drug-likeness (QED) is 0.541. The van der Waals surface area contributed by atoms with Crippen LogP contribution in [0.25, 0.3) is 0 Å². The maximum absolute atomic E-state index is 13.2. The average Bonchev–Trinajstić information content (AvgIpc) is 2.69. The van der Waals surface area contributed by atoms with Gasteiger partial charge < -0.3 is 10.4 Å². The van der Waals surface area contributed by atoms with Crippen molar-refractivity contribution in [1.82, 2.24) is 0 Å². The van der Waals surface area contributed by atoms with E-state index in [0.717, 1.165) is 0 Å². The molecule has 7 heteroatoms. The summed E-state index contributed by atoms with van der Waals surface area (Å²) in [5.41, 5.74) is 2.27. The highest BCUT2D eigenvalue weighted by molar-refractivity contribution is 6.12. The van der Waals surface area contributed by atoms with Gasteiger partial charge in [-0.2, -0.15) is 0 Å². The topological polar surface area (TPSA) is 95.7 Å². The van der Waals surface area contributed by atoms with E-state index >= 15 is 0 Å². The van der Waals surface area contributed by atoms with E-state index in [1.165, 1.54) is 29.2 Å². The molecule has 1 aliphatic rings. The van der Waals surface area contributed by atoms with Crippen molar-refractivity contribution in [3.05, 3.63) is 94.0 Å². The van der Waals surface area contributed by atoms with Crippen LogP contribution in [-0.4, -0.2) is 15.9 Å². The third-order valence-corrected chi connectivity index (χ3v) is 4.45. The lowest BCUT2D eigenvalue weighted by Gasteiger charge is -2.38. The Hall–Kier alpha value is -3.87. The normalized spacial score (nSPS) is 15.8. The summed E-state index contributed by atoms with van der Waals surface area (Å²) in [4.78, 5) is 25.4. The highest BCUT2D eigenvalue weighted by Gasteiger charge is 2.34. The first-order chi connectivity index (χ1) is 13.0. The van der Waals surface area contributed by atoms with E-state index in [4.69, 9.17) is 0 Å². The first-order valence-corrected chi connectivity index (χ1v) is 8.27. The number of benzene rings is 3. The minimum Gasteiger partial charge on any atom is -0.508 e. The Labute approximate surface area is 154 Å². The number of hydrogen-bond donors (Lipinski definition) is 2. The zero-order valence-electron chi connectivity index (χ0n) is 14.1. The van der Waals surface area contributed by atoms with Crippen LogP contribution in [0.4, 0.5) is 17.1 Å². The second-order valence-electron chi connectivity index (χ2n) is 6.14. The number of rotatable bonds is 3. The van der Waals surface area contributed by atoms with E-state index in [9.17, 15) is 20.0 Å². The van der Waals surface area contributed by atoms with Gasteiger partial charge in [-0.1, -0.05) is 24.3 Å². The molecule has 0 saturated carbocycles. The van der Waals surface area contributed by atoms with Crippen molar-refractivity contribution >= 4 is 23.0 Å². The molecule has 1 atom stereocenters. The molecule has 2 N–H and O–H groups in total. The smallest absolute Gasteiger partial charge is 0.269 e. The highest BCUT2D eigenvalue weighted by Crippen LogP contribution is 2.37. The second-order valence-corrected chi connectivity index (χ2v) is 6.14. The van der Waals surface area contributed by atoms with Gasteiger partial charge in [0.2, 0.25) is 0 Å². The number of nitrogens with one attached hydrogen (secondary N) is 1. The first-order valence-electron chi connectivity index (χ1n) is 8.27. The van der Waals surface area contributed by atoms with Gasteiger partial charge in [0.05, 0.1) is 10.5 Å². The molecule has 4 rings (SSSR count). The number of carbonyl (C=O) groups excluding carboxylic acids is 1. The van der Waals surface area contributed by atoms with E-state index in [0.29, 0.717) is 22.5 Å². The average molecular weight is 361 g/mol. The molecule has 1 amide bonds. The Kier molecular flexibility index (Phi) is 3.97. The molecular formula is C20H15N3O4. The molecule has 0 spiro atoms. The fourth-order valence-corrected chi connectivity index (χ4v) is 3.17. The summed E-state index contributed by atoms with van der Waals surface area (Å²) < 4.78 is 0. The van der Waals surface area contributed by atoms with Crippen LogP contribution in [0.2, 0.25) is 0 Å². The van der Waals surface area contributed by atoms with Crippen LogP contribution in [0, 0.1) is 10.1 Å². The van der Waals surface area contributed by atoms with Crippen molar-refractivity contribution in [3.63, 3.8) is 0 Å². The Bertz CT molecular complexity index is 1030. The maximum Gasteiger partial charge on any atom is 0.269 e. The number of fused-ring (bicyclic) bond motifs is 1. The van der Waals surface area contributed by atoms with Crippen LogP contribution < -0.4 is 10.2 Å². The molecule has 1 aliphatic heterocycles. The number of hydrogen-bond acceptors (Lipinski definition) is 5. The third kappa shape index (κ3) is 2.95. The number of non-ortho nitro benzene ring substituents is 1. The molecule has 0 saturated heterocycles. The van der Waals surface area contributed by atoms with E-state index in [-0.39, 0.29) is 17.3 Å². The van der Waals surface area contributed by atoms with Crippen LogP contribution >= 0.6 is 0 Å². The summed E-state index contributed by atoms with van der Waals surface area (Å²) in [7, 11) is 0. The van der Waals surface area contributed by atoms with E-state index in [1.54, 1.807) is 42.5 Å². The van der Waals surface area contributed by atoms with Crippen molar-refractivity contribution in [2.75, 3.05) is 10.2 Å². The van der Waals surface area contributed by atoms with Crippen LogP contribution in [0.5, 0.6) is 5.75 Å². The summed E-state index contributed by atoms with van der Waals surface area (Å²) in [5.74, 6) is -0.144. The summed E-state index contributed by atoms with van der Waals surface area (Å²) in [6.45, 7) is 0. The van der Waals surface area contributed by atoms with Gasteiger partial charge in [-0.3, -0.25) is 19.8 Å². The lowest BCUT2D eigenvalue weighted by Crippen LogP contribution is -2.43. The SMILES string of the molecule is O=C1c2ccccc2N[C@@H](c2cccc([N+](=O)[O-])c2)N1c1ccc(O)cc1. The first kappa shape index (κ1) is 16.6. The number of nitrogens with zero attached hydrogens (tertiary/aromatic N) is 2. The van der Waals surface area contributed by atoms with Gasteiger partial charge in [-0.05, 0) is 36.4 Å².